The van der Waals surface area contributed by atoms with Crippen molar-refractivity contribution in [1.29, 1.82) is 0 Å². The maximum atomic E-state index is 13.3. The molecular formula is C25H22N2O3S. The van der Waals surface area contributed by atoms with E-state index in [2.05, 4.69) is 4.99 Å². The number of carbonyl (C=O) groups excluding carboxylic acids is 1. The minimum atomic E-state index is -0.572. The van der Waals surface area contributed by atoms with Gasteiger partial charge in [-0.1, -0.05) is 84.2 Å². The first-order valence-corrected chi connectivity index (χ1v) is 10.9. The van der Waals surface area contributed by atoms with Gasteiger partial charge < -0.3 is 4.74 Å². The third kappa shape index (κ3) is 4.20. The maximum absolute atomic E-state index is 13.3. The smallest absolute Gasteiger partial charge is 0.338 e. The van der Waals surface area contributed by atoms with Crippen molar-refractivity contribution in [3.05, 3.63) is 109 Å². The third-order valence-corrected chi connectivity index (χ3v) is 5.97. The molecule has 1 aliphatic heterocycles. The fourth-order valence-corrected chi connectivity index (χ4v) is 4.57. The molecule has 0 radical (unpaired) electrons. The number of thiazole rings is 1. The summed E-state index contributed by atoms with van der Waals surface area (Å²) >= 11 is 1.32. The molecule has 0 N–H and O–H groups in total. The summed E-state index contributed by atoms with van der Waals surface area (Å²) in [5.41, 5.74) is 2.68. The van der Waals surface area contributed by atoms with E-state index < -0.39 is 12.0 Å². The Kier molecular flexibility index (Phi) is 6.09. The number of nitrogens with zero attached hydrogens (tertiary/aromatic N) is 2. The molecule has 1 atom stereocenters. The second-order valence-electron chi connectivity index (χ2n) is 7.01. The lowest BCUT2D eigenvalue weighted by Gasteiger charge is -2.24. The summed E-state index contributed by atoms with van der Waals surface area (Å²) in [6, 6.07) is 18.8. The molecule has 3 aromatic rings. The predicted molar refractivity (Wildman–Crippen MR) is 123 cm³/mol. The van der Waals surface area contributed by atoms with Crippen LogP contribution in [0.25, 0.3) is 12.2 Å². The van der Waals surface area contributed by atoms with Crippen LogP contribution in [0.2, 0.25) is 0 Å². The van der Waals surface area contributed by atoms with E-state index in [1.54, 1.807) is 24.5 Å². The molecule has 1 aliphatic rings. The van der Waals surface area contributed by atoms with Gasteiger partial charge in [0.1, 0.15) is 0 Å². The van der Waals surface area contributed by atoms with Crippen molar-refractivity contribution in [2.45, 2.75) is 19.9 Å². The van der Waals surface area contributed by atoms with Crippen molar-refractivity contribution in [2.24, 2.45) is 4.99 Å². The standard InChI is InChI=1S/C25H22N2O3S/c1-3-30-24(29)21-17(2)26-25-27(22(21)19-14-8-5-9-15-19)23(28)20(31-25)16-10-13-18-11-6-4-7-12-18/h4-16,22H,3H2,1-2H3/b13-10-,20-16+/t22-/m1/s1. The first kappa shape index (κ1) is 20.8. The first-order chi connectivity index (χ1) is 15.1. The van der Waals surface area contributed by atoms with Crippen LogP contribution in [0, 0.1) is 0 Å². The zero-order valence-electron chi connectivity index (χ0n) is 17.3. The van der Waals surface area contributed by atoms with E-state index in [1.807, 2.05) is 72.8 Å². The first-order valence-electron chi connectivity index (χ1n) is 10.1. The van der Waals surface area contributed by atoms with Crippen LogP contribution < -0.4 is 14.9 Å². The fourth-order valence-electron chi connectivity index (χ4n) is 3.57. The Hall–Kier alpha value is -3.51. The van der Waals surface area contributed by atoms with Gasteiger partial charge in [-0.2, -0.15) is 0 Å². The van der Waals surface area contributed by atoms with Crippen LogP contribution >= 0.6 is 11.3 Å². The number of aromatic nitrogens is 1. The van der Waals surface area contributed by atoms with Crippen LogP contribution in [-0.4, -0.2) is 17.1 Å². The fraction of sp³-hybridized carbons (Fsp3) is 0.160. The quantitative estimate of drug-likeness (QED) is 0.583. The average molecular weight is 431 g/mol. The van der Waals surface area contributed by atoms with E-state index in [1.165, 1.54) is 11.3 Å². The summed E-state index contributed by atoms with van der Waals surface area (Å²) in [6.45, 7) is 3.81. The zero-order chi connectivity index (χ0) is 21.8. The van der Waals surface area contributed by atoms with Gasteiger partial charge in [0, 0.05) is 0 Å². The van der Waals surface area contributed by atoms with E-state index in [0.29, 0.717) is 20.6 Å². The van der Waals surface area contributed by atoms with E-state index in [9.17, 15) is 9.59 Å². The average Bonchev–Trinajstić information content (AvgIpc) is 3.09. The molecule has 0 aliphatic carbocycles. The van der Waals surface area contributed by atoms with Gasteiger partial charge in [0.15, 0.2) is 4.80 Å². The van der Waals surface area contributed by atoms with Gasteiger partial charge in [0.05, 0.1) is 28.5 Å². The molecule has 6 heteroatoms. The van der Waals surface area contributed by atoms with Gasteiger partial charge in [-0.05, 0) is 31.1 Å². The molecule has 0 unspecified atom stereocenters. The summed E-state index contributed by atoms with van der Waals surface area (Å²) in [7, 11) is 0. The number of fused-ring (bicyclic) bond motifs is 1. The van der Waals surface area contributed by atoms with E-state index in [0.717, 1.165) is 11.1 Å². The SMILES string of the molecule is CCOC(=O)C1=C(C)N=c2s/c(=C/C=C\c3ccccc3)c(=O)n2[C@@H]1c1ccccc1. The van der Waals surface area contributed by atoms with Crippen LogP contribution in [0.15, 0.2) is 87.8 Å². The molecule has 0 fully saturated rings. The molecule has 0 saturated heterocycles. The minimum absolute atomic E-state index is 0.176. The summed E-state index contributed by atoms with van der Waals surface area (Å²) in [4.78, 5) is 31.3. The Morgan fingerprint density at radius 1 is 1.13 bits per heavy atom. The van der Waals surface area contributed by atoms with Gasteiger partial charge in [0.2, 0.25) is 0 Å². The number of benzene rings is 2. The lowest BCUT2D eigenvalue weighted by atomic mass is 9.96. The second-order valence-corrected chi connectivity index (χ2v) is 8.01. The molecule has 0 bridgehead atoms. The van der Waals surface area contributed by atoms with Gasteiger partial charge >= 0.3 is 5.97 Å². The Morgan fingerprint density at radius 2 is 1.81 bits per heavy atom. The van der Waals surface area contributed by atoms with Crippen LogP contribution in [0.1, 0.15) is 31.0 Å². The number of carbonyl (C=O) groups is 1. The molecule has 5 nitrogen and oxygen atoms in total. The van der Waals surface area contributed by atoms with Crippen LogP contribution in [-0.2, 0) is 9.53 Å². The molecule has 156 valence electrons. The molecule has 2 heterocycles. The number of rotatable bonds is 5. The van der Waals surface area contributed by atoms with Crippen LogP contribution in [0.3, 0.4) is 0 Å². The van der Waals surface area contributed by atoms with Crippen LogP contribution in [0.4, 0.5) is 0 Å². The minimum Gasteiger partial charge on any atom is -0.463 e. The second kappa shape index (κ2) is 9.10. The van der Waals surface area contributed by atoms with Crippen molar-refractivity contribution in [1.82, 2.24) is 4.57 Å². The van der Waals surface area contributed by atoms with Gasteiger partial charge in [0.25, 0.3) is 5.56 Å². The highest BCUT2D eigenvalue weighted by molar-refractivity contribution is 7.07. The number of hydrogen-bond acceptors (Lipinski definition) is 5. The molecule has 0 saturated carbocycles. The Morgan fingerprint density at radius 3 is 2.48 bits per heavy atom. The number of ether oxygens (including phenoxy) is 1. The van der Waals surface area contributed by atoms with Gasteiger partial charge in [-0.15, -0.1) is 0 Å². The number of hydrogen-bond donors (Lipinski definition) is 0. The lowest BCUT2D eigenvalue weighted by molar-refractivity contribution is -0.139. The predicted octanol–water partition coefficient (Wildman–Crippen LogP) is 3.46. The maximum Gasteiger partial charge on any atom is 0.338 e. The Balaban J connectivity index is 1.85. The van der Waals surface area contributed by atoms with Gasteiger partial charge in [-0.3, -0.25) is 9.36 Å². The summed E-state index contributed by atoms with van der Waals surface area (Å²) < 4.78 is 7.45. The molecule has 2 aromatic carbocycles. The highest BCUT2D eigenvalue weighted by Gasteiger charge is 2.33. The van der Waals surface area contributed by atoms with E-state index in [4.69, 9.17) is 4.74 Å². The highest BCUT2D eigenvalue weighted by Crippen LogP contribution is 2.30. The normalized spacial score (nSPS) is 16.3. The zero-order valence-corrected chi connectivity index (χ0v) is 18.1. The molecule has 31 heavy (non-hydrogen) atoms. The van der Waals surface area contributed by atoms with Gasteiger partial charge in [-0.25, -0.2) is 9.79 Å². The Labute approximate surface area is 184 Å². The number of esters is 1. The summed E-state index contributed by atoms with van der Waals surface area (Å²) in [6.07, 6.45) is 5.60. The summed E-state index contributed by atoms with van der Waals surface area (Å²) in [5.74, 6) is -0.448. The van der Waals surface area contributed by atoms with Crippen molar-refractivity contribution in [3.63, 3.8) is 0 Å². The molecule has 4 rings (SSSR count). The molecular weight excluding hydrogens is 408 g/mol. The molecule has 1 aromatic heterocycles. The number of allylic oxidation sites excluding steroid dienone is 2. The molecule has 0 spiro atoms. The van der Waals surface area contributed by atoms with E-state index in [-0.39, 0.29) is 12.2 Å². The topological polar surface area (TPSA) is 60.7 Å². The van der Waals surface area contributed by atoms with Crippen molar-refractivity contribution in [2.75, 3.05) is 6.61 Å². The van der Waals surface area contributed by atoms with E-state index >= 15 is 0 Å². The summed E-state index contributed by atoms with van der Waals surface area (Å²) in [5, 5.41) is 0. The van der Waals surface area contributed by atoms with Crippen molar-refractivity contribution < 1.29 is 9.53 Å². The Bertz CT molecular complexity index is 1330. The largest absolute Gasteiger partial charge is 0.463 e. The van der Waals surface area contributed by atoms with Crippen LogP contribution in [0.5, 0.6) is 0 Å². The molecule has 0 amide bonds. The highest BCUT2D eigenvalue weighted by atomic mass is 32.1. The van der Waals surface area contributed by atoms with Crippen molar-refractivity contribution >= 4 is 29.5 Å². The third-order valence-electron chi connectivity index (χ3n) is 4.97. The van der Waals surface area contributed by atoms with Crippen molar-refractivity contribution in [3.8, 4) is 0 Å². The monoisotopic (exact) mass is 430 g/mol. The lowest BCUT2D eigenvalue weighted by Crippen LogP contribution is -2.39.